The molecule has 0 spiro atoms. The predicted octanol–water partition coefficient (Wildman–Crippen LogP) is 4.47. The number of fused-ring (bicyclic) bond motifs is 1. The average molecular weight is 510 g/mol. The zero-order valence-electron chi connectivity index (χ0n) is 16.9. The van der Waals surface area contributed by atoms with Crippen LogP contribution in [0.3, 0.4) is 0 Å². The van der Waals surface area contributed by atoms with Crippen molar-refractivity contribution in [3.8, 4) is 0 Å². The van der Waals surface area contributed by atoms with Gasteiger partial charge in [0.1, 0.15) is 15.1 Å². The number of carbonyl (C=O) groups excluding carboxylic acids is 1. The van der Waals surface area contributed by atoms with Gasteiger partial charge in [0, 0.05) is 29.7 Å². The summed E-state index contributed by atoms with van der Waals surface area (Å²) < 4.78 is 12.7. The minimum Gasteiger partial charge on any atom is -0.382 e. The first-order valence-corrected chi connectivity index (χ1v) is 12.5. The number of halogens is 1. The van der Waals surface area contributed by atoms with Crippen LogP contribution in [-0.4, -0.2) is 47.7 Å². The van der Waals surface area contributed by atoms with Crippen molar-refractivity contribution in [2.75, 3.05) is 26.1 Å². The van der Waals surface area contributed by atoms with Crippen molar-refractivity contribution in [2.45, 2.75) is 30.9 Å². The quantitative estimate of drug-likeness (QED) is 0.643. The fourth-order valence-corrected chi connectivity index (χ4v) is 6.65. The zero-order valence-corrected chi connectivity index (χ0v) is 20.1. The van der Waals surface area contributed by atoms with Crippen LogP contribution in [0.1, 0.15) is 35.1 Å². The molecule has 1 aromatic heterocycles. The van der Waals surface area contributed by atoms with Crippen molar-refractivity contribution in [1.29, 1.82) is 0 Å². The largest absolute Gasteiger partial charge is 0.382 e. The molecule has 2 aromatic rings. The van der Waals surface area contributed by atoms with Crippen LogP contribution < -0.4 is 5.32 Å². The number of aliphatic imine (C=N–C) groups is 1. The zero-order chi connectivity index (χ0) is 21.2. The summed E-state index contributed by atoms with van der Waals surface area (Å²) in [7, 11) is 1.71. The van der Waals surface area contributed by atoms with Crippen LogP contribution >= 0.6 is 39.0 Å². The van der Waals surface area contributed by atoms with Crippen LogP contribution in [0, 0.1) is 5.92 Å². The highest BCUT2D eigenvalue weighted by atomic mass is 79.9. The Morgan fingerprint density at radius 1 is 1.40 bits per heavy atom. The molecule has 160 valence electrons. The fraction of sp³-hybridized carbons (Fsp3) is 0.476. The van der Waals surface area contributed by atoms with Crippen molar-refractivity contribution in [3.05, 3.63) is 50.9 Å². The number of aromatic nitrogens is 1. The standard InChI is InChI=1S/C21H24BrN3O3S2/c1-3-20(12-27-2)9-15-10-30-19(24-17(26)14-7-5-4-6-8-14)25-21(15,13-28-20)18-23-16(22)11-29-18/h4-8,11,15H,3,9-10,12-13H2,1-2H3,(H,24,25,26)/t15-,20-,21-/m0/s1. The van der Waals surface area contributed by atoms with Crippen molar-refractivity contribution in [3.63, 3.8) is 0 Å². The van der Waals surface area contributed by atoms with E-state index in [0.717, 1.165) is 28.2 Å². The van der Waals surface area contributed by atoms with Gasteiger partial charge in [-0.15, -0.1) is 11.3 Å². The van der Waals surface area contributed by atoms with Gasteiger partial charge in [-0.25, -0.2) is 9.98 Å². The van der Waals surface area contributed by atoms with Crippen LogP contribution in [0.5, 0.6) is 0 Å². The number of amidine groups is 1. The van der Waals surface area contributed by atoms with Crippen molar-refractivity contribution in [1.82, 2.24) is 10.3 Å². The van der Waals surface area contributed by atoms with E-state index in [1.54, 1.807) is 42.3 Å². The summed E-state index contributed by atoms with van der Waals surface area (Å²) in [6, 6.07) is 9.19. The van der Waals surface area contributed by atoms with Gasteiger partial charge >= 0.3 is 0 Å². The number of rotatable bonds is 5. The van der Waals surface area contributed by atoms with Gasteiger partial charge in [0.15, 0.2) is 5.17 Å². The number of amides is 1. The van der Waals surface area contributed by atoms with Crippen LogP contribution in [0.15, 0.2) is 45.3 Å². The molecule has 2 aliphatic rings. The van der Waals surface area contributed by atoms with E-state index in [0.29, 0.717) is 23.9 Å². The SMILES string of the molecule is CC[C@@]1(COC)C[C@H]2CSC(NC(=O)c3ccccc3)=N[C@@]2(c2nc(Br)cs2)CO1. The highest BCUT2D eigenvalue weighted by Crippen LogP contribution is 2.50. The van der Waals surface area contributed by atoms with E-state index in [-0.39, 0.29) is 17.4 Å². The lowest BCUT2D eigenvalue weighted by molar-refractivity contribution is -0.158. The Bertz CT molecular complexity index is 939. The van der Waals surface area contributed by atoms with E-state index in [9.17, 15) is 4.79 Å². The molecule has 0 aliphatic carbocycles. The van der Waals surface area contributed by atoms with Crippen molar-refractivity contribution >= 4 is 50.1 Å². The maximum Gasteiger partial charge on any atom is 0.257 e. The number of thioether (sulfide) groups is 1. The Hall–Kier alpha value is -1.26. The van der Waals surface area contributed by atoms with Gasteiger partial charge in [0.2, 0.25) is 0 Å². The second-order valence-electron chi connectivity index (χ2n) is 7.61. The number of nitrogens with one attached hydrogen (secondary N) is 1. The molecule has 3 heterocycles. The third-order valence-corrected chi connectivity index (χ3v) is 8.52. The highest BCUT2D eigenvalue weighted by Gasteiger charge is 2.54. The molecule has 3 atom stereocenters. The summed E-state index contributed by atoms with van der Waals surface area (Å²) in [6.45, 7) is 3.11. The minimum absolute atomic E-state index is 0.158. The van der Waals surface area contributed by atoms with Crippen LogP contribution in [-0.2, 0) is 15.0 Å². The summed E-state index contributed by atoms with van der Waals surface area (Å²) in [6.07, 6.45) is 1.71. The smallest absolute Gasteiger partial charge is 0.257 e. The van der Waals surface area contributed by atoms with E-state index in [1.807, 2.05) is 23.6 Å². The monoisotopic (exact) mass is 509 g/mol. The van der Waals surface area contributed by atoms with E-state index in [2.05, 4.69) is 28.2 Å². The normalized spacial score (nSPS) is 28.5. The Kier molecular flexibility index (Phi) is 6.64. The molecule has 0 saturated carbocycles. The van der Waals surface area contributed by atoms with Gasteiger partial charge in [-0.2, -0.15) is 0 Å². The van der Waals surface area contributed by atoms with Crippen molar-refractivity contribution < 1.29 is 14.3 Å². The number of benzene rings is 1. The Balaban J connectivity index is 1.66. The summed E-state index contributed by atoms with van der Waals surface area (Å²) >= 11 is 6.63. The number of hydrogen-bond donors (Lipinski definition) is 1. The molecule has 30 heavy (non-hydrogen) atoms. The number of ether oxygens (including phenoxy) is 2. The summed E-state index contributed by atoms with van der Waals surface area (Å²) in [4.78, 5) is 22.4. The minimum atomic E-state index is -0.604. The van der Waals surface area contributed by atoms with Gasteiger partial charge in [-0.1, -0.05) is 36.9 Å². The Labute approximate surface area is 193 Å². The van der Waals surface area contributed by atoms with E-state index >= 15 is 0 Å². The molecule has 1 amide bonds. The van der Waals surface area contributed by atoms with Crippen LogP contribution in [0.25, 0.3) is 0 Å². The van der Waals surface area contributed by atoms with E-state index in [1.165, 1.54) is 0 Å². The maximum atomic E-state index is 12.7. The fourth-order valence-electron chi connectivity index (χ4n) is 4.04. The molecule has 1 fully saturated rings. The third-order valence-electron chi connectivity index (χ3n) is 5.77. The molecule has 1 aromatic carbocycles. The molecule has 4 rings (SSSR count). The molecule has 0 radical (unpaired) electrons. The van der Waals surface area contributed by atoms with Gasteiger partial charge in [0.05, 0.1) is 18.8 Å². The predicted molar refractivity (Wildman–Crippen MR) is 124 cm³/mol. The number of carbonyl (C=O) groups is 1. The highest BCUT2D eigenvalue weighted by molar-refractivity contribution is 9.10. The van der Waals surface area contributed by atoms with E-state index in [4.69, 9.17) is 19.5 Å². The first-order chi connectivity index (χ1) is 14.5. The lowest BCUT2D eigenvalue weighted by Crippen LogP contribution is -2.56. The number of nitrogens with zero attached hydrogens (tertiary/aromatic N) is 2. The molecular formula is C21H24BrN3O3S2. The van der Waals surface area contributed by atoms with Gasteiger partial charge < -0.3 is 14.8 Å². The second-order valence-corrected chi connectivity index (χ2v) is 10.3. The summed E-state index contributed by atoms with van der Waals surface area (Å²) in [5.41, 5.74) is -0.301. The van der Waals surface area contributed by atoms with E-state index < -0.39 is 5.54 Å². The number of thiazole rings is 1. The topological polar surface area (TPSA) is 72.8 Å². The molecule has 1 N–H and O–H groups in total. The lowest BCUT2D eigenvalue weighted by atomic mass is 9.75. The average Bonchev–Trinajstić information content (AvgIpc) is 3.21. The van der Waals surface area contributed by atoms with Gasteiger partial charge in [-0.05, 0) is 40.9 Å². The Morgan fingerprint density at radius 2 is 2.20 bits per heavy atom. The molecule has 1 saturated heterocycles. The molecule has 9 heteroatoms. The molecule has 0 unspecified atom stereocenters. The first kappa shape index (κ1) is 22.0. The maximum absolute atomic E-state index is 12.7. The summed E-state index contributed by atoms with van der Waals surface area (Å²) in [5.74, 6) is 0.913. The first-order valence-electron chi connectivity index (χ1n) is 9.84. The third kappa shape index (κ3) is 4.23. The number of hydrogen-bond acceptors (Lipinski definition) is 7. The molecule has 6 nitrogen and oxygen atoms in total. The van der Waals surface area contributed by atoms with Crippen LogP contribution in [0.4, 0.5) is 0 Å². The van der Waals surface area contributed by atoms with Gasteiger partial charge in [0.25, 0.3) is 5.91 Å². The second kappa shape index (κ2) is 9.08. The lowest BCUT2D eigenvalue weighted by Gasteiger charge is -2.50. The summed E-state index contributed by atoms with van der Waals surface area (Å²) in [5, 5.41) is 6.48. The molecule has 0 bridgehead atoms. The number of methoxy groups -OCH3 is 1. The van der Waals surface area contributed by atoms with Crippen molar-refractivity contribution in [2.24, 2.45) is 10.9 Å². The van der Waals surface area contributed by atoms with Crippen LogP contribution in [0.2, 0.25) is 0 Å². The van der Waals surface area contributed by atoms with Gasteiger partial charge in [-0.3, -0.25) is 4.79 Å². The molecule has 2 aliphatic heterocycles. The molecular weight excluding hydrogens is 486 g/mol. The Morgan fingerprint density at radius 3 is 2.87 bits per heavy atom.